The second-order valence-electron chi connectivity index (χ2n) is 6.93. The molecule has 27 heavy (non-hydrogen) atoms. The Morgan fingerprint density at radius 3 is 2.56 bits per heavy atom. The third-order valence-corrected chi connectivity index (χ3v) is 5.46. The molecule has 2 aromatic carbocycles. The first-order valence-electron chi connectivity index (χ1n) is 9.04. The van der Waals surface area contributed by atoms with Gasteiger partial charge in [-0.25, -0.2) is 10.9 Å². The number of carbonyl (C=O) groups excluding carboxylic acids is 1. The lowest BCUT2D eigenvalue weighted by molar-refractivity contribution is -0.129. The van der Waals surface area contributed by atoms with Gasteiger partial charge in [0.15, 0.2) is 11.5 Å². The Kier molecular flexibility index (Phi) is 4.41. The zero-order valence-corrected chi connectivity index (χ0v) is 15.2. The van der Waals surface area contributed by atoms with Crippen molar-refractivity contribution in [1.29, 1.82) is 0 Å². The number of hydrogen-bond acceptors (Lipinski definition) is 6. The number of rotatable bonds is 4. The fourth-order valence-corrected chi connectivity index (χ4v) is 4.24. The molecule has 0 aromatic heterocycles. The van der Waals surface area contributed by atoms with Crippen LogP contribution in [0.1, 0.15) is 30.1 Å². The summed E-state index contributed by atoms with van der Waals surface area (Å²) in [5.74, 6) is 0.525. The fourth-order valence-electron chi connectivity index (χ4n) is 4.24. The van der Waals surface area contributed by atoms with Crippen LogP contribution in [-0.4, -0.2) is 40.7 Å². The number of likely N-dealkylation sites (N-methyl/N-ethyl adjacent to an activating group) is 1. The van der Waals surface area contributed by atoms with Gasteiger partial charge in [0, 0.05) is 18.5 Å². The molecule has 4 unspecified atom stereocenters. The second-order valence-corrected chi connectivity index (χ2v) is 6.93. The molecule has 1 amide bonds. The molecule has 0 aliphatic carbocycles. The molecule has 2 aliphatic rings. The first-order chi connectivity index (χ1) is 13.0. The number of nitrogens with one attached hydrogen (secondary N) is 2. The third kappa shape index (κ3) is 2.79. The molecule has 2 aliphatic heterocycles. The molecule has 7 nitrogen and oxygen atoms in total. The van der Waals surface area contributed by atoms with Crippen LogP contribution in [0.3, 0.4) is 0 Å². The Labute approximate surface area is 157 Å². The van der Waals surface area contributed by atoms with E-state index < -0.39 is 6.04 Å². The number of hydrazine groups is 1. The number of likely N-dealkylation sites (tertiary alicyclic amines) is 1. The average Bonchev–Trinajstić information content (AvgIpc) is 3.18. The number of hydrogen-bond donors (Lipinski definition) is 4. The van der Waals surface area contributed by atoms with E-state index in [0.717, 1.165) is 11.1 Å². The van der Waals surface area contributed by atoms with Crippen molar-refractivity contribution in [3.8, 4) is 17.2 Å². The Morgan fingerprint density at radius 1 is 1.07 bits per heavy atom. The molecule has 7 heteroatoms. The Hall–Kier alpha value is -2.77. The lowest BCUT2D eigenvalue weighted by Gasteiger charge is -2.29. The summed E-state index contributed by atoms with van der Waals surface area (Å²) in [7, 11) is 1.78. The van der Waals surface area contributed by atoms with Crippen molar-refractivity contribution in [2.45, 2.75) is 25.0 Å². The van der Waals surface area contributed by atoms with Crippen molar-refractivity contribution < 1.29 is 19.7 Å². The van der Waals surface area contributed by atoms with Crippen molar-refractivity contribution in [1.82, 2.24) is 15.8 Å². The van der Waals surface area contributed by atoms with Crippen LogP contribution < -0.4 is 15.6 Å². The molecule has 4 atom stereocenters. The van der Waals surface area contributed by atoms with Crippen LogP contribution in [-0.2, 0) is 4.79 Å². The summed E-state index contributed by atoms with van der Waals surface area (Å²) in [5.41, 5.74) is 7.90. The minimum Gasteiger partial charge on any atom is -0.508 e. The third-order valence-electron chi connectivity index (χ3n) is 5.46. The van der Waals surface area contributed by atoms with Crippen molar-refractivity contribution in [3.05, 3.63) is 53.6 Å². The van der Waals surface area contributed by atoms with Crippen molar-refractivity contribution in [2.24, 2.45) is 5.92 Å². The highest BCUT2D eigenvalue weighted by Gasteiger charge is 2.54. The van der Waals surface area contributed by atoms with Gasteiger partial charge >= 0.3 is 0 Å². The van der Waals surface area contributed by atoms with Crippen LogP contribution in [0.4, 0.5) is 0 Å². The van der Waals surface area contributed by atoms with Gasteiger partial charge in [-0.3, -0.25) is 4.79 Å². The van der Waals surface area contributed by atoms with Gasteiger partial charge in [-0.05, 0) is 30.7 Å². The maximum Gasteiger partial charge on any atom is 0.241 e. The van der Waals surface area contributed by atoms with Gasteiger partial charge in [0.1, 0.15) is 11.8 Å². The standard InChI is InChI=1S/C20H23N3O4/c1-3-27-15-10-11(8-9-14(15)25)19-16-17(12-6-4-5-7-13(12)24)21-22-18(16)20(26)23(19)2/h4-10,16-19,21-22,24-25H,3H2,1-2H3. The molecule has 2 saturated heterocycles. The number of phenolic OH excluding ortho intramolecular Hbond substituents is 2. The molecular formula is C20H23N3O4. The lowest BCUT2D eigenvalue weighted by Crippen LogP contribution is -2.39. The Morgan fingerprint density at radius 2 is 1.81 bits per heavy atom. The number of amides is 1. The van der Waals surface area contributed by atoms with Gasteiger partial charge in [-0.1, -0.05) is 24.3 Å². The summed E-state index contributed by atoms with van der Waals surface area (Å²) in [4.78, 5) is 14.5. The van der Waals surface area contributed by atoms with Crippen molar-refractivity contribution in [2.75, 3.05) is 13.7 Å². The van der Waals surface area contributed by atoms with E-state index in [1.807, 2.05) is 25.1 Å². The minimum absolute atomic E-state index is 0.0125. The zero-order chi connectivity index (χ0) is 19.1. The smallest absolute Gasteiger partial charge is 0.241 e. The molecule has 4 rings (SSSR count). The number of fused-ring (bicyclic) bond motifs is 1. The van der Waals surface area contributed by atoms with Crippen molar-refractivity contribution in [3.63, 3.8) is 0 Å². The number of aromatic hydroxyl groups is 2. The molecule has 0 bridgehead atoms. The minimum atomic E-state index is -0.394. The quantitative estimate of drug-likeness (QED) is 0.657. The van der Waals surface area contributed by atoms with Gasteiger partial charge in [0.2, 0.25) is 5.91 Å². The lowest BCUT2D eigenvalue weighted by atomic mass is 9.83. The first kappa shape index (κ1) is 17.6. The molecule has 0 spiro atoms. The zero-order valence-electron chi connectivity index (χ0n) is 15.2. The molecule has 2 aromatic rings. The molecule has 0 saturated carbocycles. The number of benzene rings is 2. The highest BCUT2D eigenvalue weighted by atomic mass is 16.5. The predicted octanol–water partition coefficient (Wildman–Crippen LogP) is 1.84. The SMILES string of the molecule is CCOc1cc(C2C3C(NNC3c3ccccc3O)C(=O)N2C)ccc1O. The summed E-state index contributed by atoms with van der Waals surface area (Å²) in [5, 5.41) is 20.3. The summed E-state index contributed by atoms with van der Waals surface area (Å²) < 4.78 is 5.52. The summed E-state index contributed by atoms with van der Waals surface area (Å²) in [6.07, 6.45) is 0. The van der Waals surface area contributed by atoms with Crippen LogP contribution in [0.25, 0.3) is 0 Å². The molecule has 0 radical (unpaired) electrons. The number of para-hydroxylation sites is 1. The van der Waals surface area contributed by atoms with E-state index in [-0.39, 0.29) is 35.4 Å². The summed E-state index contributed by atoms with van der Waals surface area (Å²) >= 11 is 0. The van der Waals surface area contributed by atoms with Crippen molar-refractivity contribution >= 4 is 5.91 Å². The fraction of sp³-hybridized carbons (Fsp3) is 0.350. The molecular weight excluding hydrogens is 346 g/mol. The van der Waals surface area contributed by atoms with Crippen LogP contribution in [0.15, 0.2) is 42.5 Å². The normalized spacial score (nSPS) is 27.0. The van der Waals surface area contributed by atoms with E-state index in [1.54, 1.807) is 36.2 Å². The average molecular weight is 369 g/mol. The van der Waals surface area contributed by atoms with E-state index in [0.29, 0.717) is 12.4 Å². The molecule has 2 heterocycles. The van der Waals surface area contributed by atoms with E-state index >= 15 is 0 Å². The second kappa shape index (κ2) is 6.75. The van der Waals surface area contributed by atoms with E-state index in [4.69, 9.17) is 4.74 Å². The summed E-state index contributed by atoms with van der Waals surface area (Å²) in [6.45, 7) is 2.29. The Bertz CT molecular complexity index is 872. The number of ether oxygens (including phenoxy) is 1. The van der Waals surface area contributed by atoms with E-state index in [1.165, 1.54) is 0 Å². The van der Waals surface area contributed by atoms with Gasteiger partial charge in [-0.2, -0.15) is 0 Å². The van der Waals surface area contributed by atoms with E-state index in [2.05, 4.69) is 10.9 Å². The molecule has 4 N–H and O–H groups in total. The highest BCUT2D eigenvalue weighted by Crippen LogP contribution is 2.48. The predicted molar refractivity (Wildman–Crippen MR) is 99.2 cm³/mol. The monoisotopic (exact) mass is 369 g/mol. The number of phenols is 2. The molecule has 2 fully saturated rings. The van der Waals surface area contributed by atoms with Crippen LogP contribution in [0.2, 0.25) is 0 Å². The highest BCUT2D eigenvalue weighted by molar-refractivity contribution is 5.86. The van der Waals surface area contributed by atoms with Gasteiger partial charge in [0.25, 0.3) is 0 Å². The maximum absolute atomic E-state index is 12.8. The topological polar surface area (TPSA) is 94.1 Å². The van der Waals surface area contributed by atoms with E-state index in [9.17, 15) is 15.0 Å². The first-order valence-corrected chi connectivity index (χ1v) is 9.04. The van der Waals surface area contributed by atoms with Gasteiger partial charge < -0.3 is 19.8 Å². The number of nitrogens with zero attached hydrogens (tertiary/aromatic N) is 1. The van der Waals surface area contributed by atoms with Crippen LogP contribution in [0.5, 0.6) is 17.2 Å². The molecule has 142 valence electrons. The number of carbonyl (C=O) groups is 1. The van der Waals surface area contributed by atoms with Crippen LogP contribution >= 0.6 is 0 Å². The largest absolute Gasteiger partial charge is 0.508 e. The van der Waals surface area contributed by atoms with Gasteiger partial charge in [0.05, 0.1) is 18.7 Å². The summed E-state index contributed by atoms with van der Waals surface area (Å²) in [6, 6.07) is 11.5. The maximum atomic E-state index is 12.8. The Balaban J connectivity index is 1.76. The van der Waals surface area contributed by atoms with Crippen LogP contribution in [0, 0.1) is 5.92 Å². The van der Waals surface area contributed by atoms with Gasteiger partial charge in [-0.15, -0.1) is 0 Å².